The second-order valence-electron chi connectivity index (χ2n) is 4.68. The molecule has 102 valence electrons. The Hall–Kier alpha value is -0.260. The fraction of sp³-hybridized carbons (Fsp3) is 0.692. The van der Waals surface area contributed by atoms with Crippen LogP contribution in [0.3, 0.4) is 0 Å². The number of nitrogens with one attached hydrogen (secondary N) is 1. The Kier molecular flexibility index (Phi) is 5.49. The summed E-state index contributed by atoms with van der Waals surface area (Å²) in [6.45, 7) is 8.45. The average molecular weight is 333 g/mol. The summed E-state index contributed by atoms with van der Waals surface area (Å²) in [4.78, 5) is 7.89. The first-order valence-electron chi connectivity index (χ1n) is 6.27. The summed E-state index contributed by atoms with van der Waals surface area (Å²) >= 11 is 8.84. The average Bonchev–Trinajstić information content (AvgIpc) is 2.35. The maximum Gasteiger partial charge on any atom is 0.144 e. The van der Waals surface area contributed by atoms with Crippen LogP contribution in [0.15, 0.2) is 4.47 Å². The van der Waals surface area contributed by atoms with Gasteiger partial charge in [-0.25, -0.2) is 4.98 Å². The molecular weight excluding hydrogens is 312 g/mol. The molecule has 0 aliphatic rings. The lowest BCUT2D eigenvalue weighted by atomic mass is 9.95. The van der Waals surface area contributed by atoms with Crippen LogP contribution in [0.4, 0.5) is 0 Å². The van der Waals surface area contributed by atoms with Crippen LogP contribution in [0.2, 0.25) is 0 Å². The zero-order valence-electron chi connectivity index (χ0n) is 11.6. The van der Waals surface area contributed by atoms with Gasteiger partial charge in [-0.1, -0.05) is 39.9 Å². The van der Waals surface area contributed by atoms with E-state index in [1.54, 1.807) is 7.11 Å². The molecule has 0 saturated heterocycles. The molecule has 1 aromatic heterocycles. The topological polar surface area (TPSA) is 37.9 Å². The molecule has 1 N–H and O–H groups in total. The highest BCUT2D eigenvalue weighted by Crippen LogP contribution is 2.32. The minimum absolute atomic E-state index is 0.353. The van der Waals surface area contributed by atoms with Crippen molar-refractivity contribution < 1.29 is 4.74 Å². The van der Waals surface area contributed by atoms with E-state index in [1.165, 1.54) is 0 Å². The van der Waals surface area contributed by atoms with Crippen molar-refractivity contribution in [3.63, 3.8) is 0 Å². The summed E-state index contributed by atoms with van der Waals surface area (Å²) in [5, 5.41) is 0. The van der Waals surface area contributed by atoms with Gasteiger partial charge in [-0.15, -0.1) is 0 Å². The molecule has 0 aliphatic heterocycles. The van der Waals surface area contributed by atoms with Gasteiger partial charge in [-0.2, -0.15) is 0 Å². The van der Waals surface area contributed by atoms with E-state index in [9.17, 15) is 0 Å². The van der Waals surface area contributed by atoms with Crippen LogP contribution in [0.25, 0.3) is 0 Å². The summed E-state index contributed by atoms with van der Waals surface area (Å²) in [6, 6.07) is 0. The largest absolute Gasteiger partial charge is 0.370 e. The quantitative estimate of drug-likeness (QED) is 0.795. The SMILES string of the molecule is CCC(CC)(OC)c1nc(=S)c(Br)c(C(C)C)[nH]1. The molecule has 3 nitrogen and oxygen atoms in total. The van der Waals surface area contributed by atoms with Gasteiger partial charge in [0.15, 0.2) is 0 Å². The van der Waals surface area contributed by atoms with Crippen molar-refractivity contribution in [2.45, 2.75) is 52.1 Å². The number of halogens is 1. The predicted octanol–water partition coefficient (Wildman–Crippen LogP) is 4.69. The maximum atomic E-state index is 5.70. The molecule has 0 fully saturated rings. The Morgan fingerprint density at radius 2 is 1.94 bits per heavy atom. The third kappa shape index (κ3) is 2.83. The predicted molar refractivity (Wildman–Crippen MR) is 80.5 cm³/mol. The molecule has 0 unspecified atom stereocenters. The minimum atomic E-state index is -0.377. The van der Waals surface area contributed by atoms with E-state index in [2.05, 4.69) is 53.6 Å². The lowest BCUT2D eigenvalue weighted by molar-refractivity contribution is -0.0294. The van der Waals surface area contributed by atoms with Crippen molar-refractivity contribution >= 4 is 28.1 Å². The molecule has 1 heterocycles. The zero-order valence-corrected chi connectivity index (χ0v) is 14.0. The van der Waals surface area contributed by atoms with Crippen LogP contribution in [0, 0.1) is 4.64 Å². The Labute approximate surface area is 122 Å². The van der Waals surface area contributed by atoms with Crippen LogP contribution in [-0.4, -0.2) is 17.1 Å². The lowest BCUT2D eigenvalue weighted by Gasteiger charge is -2.30. The van der Waals surface area contributed by atoms with Crippen LogP contribution >= 0.6 is 28.1 Å². The molecular formula is C13H21BrN2OS. The summed E-state index contributed by atoms with van der Waals surface area (Å²) < 4.78 is 7.17. The number of ether oxygens (including phenoxy) is 1. The van der Waals surface area contributed by atoms with Crippen molar-refractivity contribution in [2.75, 3.05) is 7.11 Å². The van der Waals surface area contributed by atoms with Gasteiger partial charge in [-0.05, 0) is 34.7 Å². The van der Waals surface area contributed by atoms with Crippen LogP contribution in [-0.2, 0) is 10.3 Å². The van der Waals surface area contributed by atoms with Crippen molar-refractivity contribution in [1.29, 1.82) is 0 Å². The molecule has 18 heavy (non-hydrogen) atoms. The highest BCUT2D eigenvalue weighted by molar-refractivity contribution is 9.10. The summed E-state index contributed by atoms with van der Waals surface area (Å²) in [5.41, 5.74) is 0.700. The van der Waals surface area contributed by atoms with Crippen molar-refractivity contribution in [1.82, 2.24) is 9.97 Å². The van der Waals surface area contributed by atoms with Crippen LogP contribution in [0.1, 0.15) is 58.0 Å². The summed E-state index contributed by atoms with van der Waals surface area (Å²) in [5.74, 6) is 1.18. The van der Waals surface area contributed by atoms with Crippen LogP contribution < -0.4 is 0 Å². The third-order valence-corrected chi connectivity index (χ3v) is 4.79. The molecule has 0 atom stereocenters. The molecule has 0 saturated carbocycles. The van der Waals surface area contributed by atoms with Gasteiger partial charge in [0.25, 0.3) is 0 Å². The van der Waals surface area contributed by atoms with Gasteiger partial charge in [0.1, 0.15) is 16.1 Å². The van der Waals surface area contributed by atoms with Gasteiger partial charge >= 0.3 is 0 Å². The van der Waals surface area contributed by atoms with Crippen molar-refractivity contribution in [2.24, 2.45) is 0 Å². The fourth-order valence-electron chi connectivity index (χ4n) is 2.06. The molecule has 5 heteroatoms. The van der Waals surface area contributed by atoms with Gasteiger partial charge in [-0.3, -0.25) is 0 Å². The number of aromatic amines is 1. The minimum Gasteiger partial charge on any atom is -0.370 e. The monoisotopic (exact) mass is 332 g/mol. The number of hydrogen-bond acceptors (Lipinski definition) is 3. The molecule has 0 amide bonds. The molecule has 0 spiro atoms. The van der Waals surface area contributed by atoms with Gasteiger partial charge in [0, 0.05) is 12.8 Å². The molecule has 1 aromatic rings. The Balaban J connectivity index is 3.47. The number of hydrogen-bond donors (Lipinski definition) is 1. The number of rotatable bonds is 5. The number of nitrogens with zero attached hydrogens (tertiary/aromatic N) is 1. The second-order valence-corrected chi connectivity index (χ2v) is 5.86. The molecule has 1 rings (SSSR count). The third-order valence-electron chi connectivity index (χ3n) is 3.43. The van der Waals surface area contributed by atoms with E-state index < -0.39 is 0 Å². The number of aromatic nitrogens is 2. The highest BCUT2D eigenvalue weighted by Gasteiger charge is 2.31. The van der Waals surface area contributed by atoms with Crippen molar-refractivity contribution in [3.05, 3.63) is 20.6 Å². The lowest BCUT2D eigenvalue weighted by Crippen LogP contribution is -2.30. The molecule has 0 aromatic carbocycles. The Bertz CT molecular complexity index is 458. The molecule has 0 bridgehead atoms. The van der Waals surface area contributed by atoms with Gasteiger partial charge in [0.2, 0.25) is 0 Å². The van der Waals surface area contributed by atoms with Crippen molar-refractivity contribution in [3.8, 4) is 0 Å². The number of H-pyrrole nitrogens is 1. The highest BCUT2D eigenvalue weighted by atomic mass is 79.9. The van der Waals surface area contributed by atoms with E-state index in [1.807, 2.05) is 0 Å². The number of methoxy groups -OCH3 is 1. The van der Waals surface area contributed by atoms with E-state index in [4.69, 9.17) is 17.0 Å². The summed E-state index contributed by atoms with van der Waals surface area (Å²) in [6.07, 6.45) is 1.72. The maximum absolute atomic E-state index is 5.70. The van der Waals surface area contributed by atoms with Gasteiger partial charge < -0.3 is 9.72 Å². The smallest absolute Gasteiger partial charge is 0.144 e. The van der Waals surface area contributed by atoms with E-state index in [0.29, 0.717) is 10.6 Å². The first-order valence-corrected chi connectivity index (χ1v) is 7.47. The normalized spacial score (nSPS) is 12.2. The standard InChI is InChI=1S/C13H21BrN2OS/c1-6-13(7-2,17-5)12-15-10(8(3)4)9(14)11(18)16-12/h8H,6-7H2,1-5H3,(H,15,16,18). The summed E-state index contributed by atoms with van der Waals surface area (Å²) in [7, 11) is 1.72. The fourth-order valence-corrected chi connectivity index (χ4v) is 2.91. The molecule has 0 radical (unpaired) electrons. The van der Waals surface area contributed by atoms with E-state index in [-0.39, 0.29) is 5.60 Å². The Morgan fingerprint density at radius 3 is 2.33 bits per heavy atom. The second kappa shape index (κ2) is 6.26. The van der Waals surface area contributed by atoms with E-state index in [0.717, 1.165) is 28.8 Å². The molecule has 0 aliphatic carbocycles. The van der Waals surface area contributed by atoms with Gasteiger partial charge in [0.05, 0.1) is 4.47 Å². The Morgan fingerprint density at radius 1 is 1.39 bits per heavy atom. The first kappa shape index (κ1) is 15.8. The first-order chi connectivity index (χ1) is 8.41. The van der Waals surface area contributed by atoms with E-state index >= 15 is 0 Å². The zero-order chi connectivity index (χ0) is 13.9. The van der Waals surface area contributed by atoms with Crippen LogP contribution in [0.5, 0.6) is 0 Å².